The summed E-state index contributed by atoms with van der Waals surface area (Å²) in [5, 5.41) is 12.7. The minimum absolute atomic E-state index is 0.170. The second kappa shape index (κ2) is 5.44. The highest BCUT2D eigenvalue weighted by atomic mass is 16.2. The Bertz CT molecular complexity index is 377. The minimum atomic E-state index is -0.799. The normalized spacial score (nSPS) is 9.00. The first-order valence-corrected chi connectivity index (χ1v) is 4.28. The lowest BCUT2D eigenvalue weighted by Gasteiger charge is -2.02. The van der Waals surface area contributed by atoms with E-state index in [0.29, 0.717) is 0 Å². The van der Waals surface area contributed by atoms with E-state index in [1.807, 2.05) is 0 Å². The van der Waals surface area contributed by atoms with E-state index in [1.54, 1.807) is 24.5 Å². The molecular formula is C9H10N4O2. The number of carbonyl (C=O) groups is 2. The van der Waals surface area contributed by atoms with Crippen LogP contribution in [-0.4, -0.2) is 23.3 Å². The Balaban J connectivity index is 2.30. The molecule has 0 aromatic carbocycles. The third-order valence-corrected chi connectivity index (χ3v) is 1.65. The Kier molecular flexibility index (Phi) is 3.91. The van der Waals surface area contributed by atoms with Crippen molar-refractivity contribution in [1.82, 2.24) is 15.6 Å². The van der Waals surface area contributed by atoms with E-state index < -0.39 is 11.8 Å². The van der Waals surface area contributed by atoms with E-state index in [9.17, 15) is 9.59 Å². The van der Waals surface area contributed by atoms with Gasteiger partial charge in [0.1, 0.15) is 6.54 Å². The molecule has 0 unspecified atom stereocenters. The molecule has 2 amide bonds. The van der Waals surface area contributed by atoms with Crippen molar-refractivity contribution in [3.05, 3.63) is 24.0 Å². The van der Waals surface area contributed by atoms with Gasteiger partial charge in [-0.05, 0) is 11.6 Å². The summed E-state index contributed by atoms with van der Waals surface area (Å²) in [7, 11) is 0. The lowest BCUT2D eigenvalue weighted by atomic mass is 10.3. The molecule has 0 bridgehead atoms. The first-order valence-electron chi connectivity index (χ1n) is 4.28. The Morgan fingerprint density at radius 3 is 2.73 bits per heavy atom. The molecule has 3 N–H and O–H groups in total. The first kappa shape index (κ1) is 10.8. The summed E-state index contributed by atoms with van der Waals surface area (Å²) >= 11 is 0. The molecule has 6 heteroatoms. The number of carbonyl (C=O) groups excluding carboxylic acids is 2. The molecule has 0 atom stereocenters. The standard InChI is InChI=1S/C9H10N4O2/c10-2-4-12-8(14)9(15)13-6-7-1-3-11-5-7/h1,3,5,11H,4,6H2,(H,12,14)(H,13,15). The van der Waals surface area contributed by atoms with Crippen molar-refractivity contribution >= 4 is 11.8 Å². The number of aromatic amines is 1. The number of nitrogens with one attached hydrogen (secondary N) is 3. The van der Waals surface area contributed by atoms with E-state index >= 15 is 0 Å². The summed E-state index contributed by atoms with van der Waals surface area (Å²) in [6, 6.07) is 3.49. The predicted octanol–water partition coefficient (Wildman–Crippen LogP) is -0.729. The van der Waals surface area contributed by atoms with Gasteiger partial charge >= 0.3 is 11.8 Å². The van der Waals surface area contributed by atoms with Crippen LogP contribution in [0.2, 0.25) is 0 Å². The van der Waals surface area contributed by atoms with Crippen LogP contribution in [0.15, 0.2) is 18.5 Å². The zero-order valence-corrected chi connectivity index (χ0v) is 7.91. The molecule has 0 aliphatic carbocycles. The first-order chi connectivity index (χ1) is 7.24. The zero-order chi connectivity index (χ0) is 11.1. The van der Waals surface area contributed by atoms with Gasteiger partial charge in [0, 0.05) is 18.9 Å². The third kappa shape index (κ3) is 3.52. The molecule has 6 nitrogen and oxygen atoms in total. The van der Waals surface area contributed by atoms with Gasteiger partial charge in [-0.1, -0.05) is 0 Å². The molecule has 1 aromatic rings. The van der Waals surface area contributed by atoms with Crippen molar-refractivity contribution in [2.75, 3.05) is 6.54 Å². The van der Waals surface area contributed by atoms with Crippen LogP contribution in [0.1, 0.15) is 5.56 Å². The molecule has 0 aliphatic rings. The molecule has 0 radical (unpaired) electrons. The van der Waals surface area contributed by atoms with Crippen molar-refractivity contribution in [2.24, 2.45) is 0 Å². The highest BCUT2D eigenvalue weighted by molar-refractivity contribution is 6.35. The molecule has 78 valence electrons. The average Bonchev–Trinajstić information content (AvgIpc) is 2.75. The fourth-order valence-corrected chi connectivity index (χ4v) is 0.931. The molecule has 0 spiro atoms. The third-order valence-electron chi connectivity index (χ3n) is 1.65. The second-order valence-electron chi connectivity index (χ2n) is 2.74. The SMILES string of the molecule is N#CCNC(=O)C(=O)NCc1cc[nH]c1. The van der Waals surface area contributed by atoms with Crippen LogP contribution in [0, 0.1) is 11.3 Å². The van der Waals surface area contributed by atoms with Gasteiger partial charge in [-0.2, -0.15) is 5.26 Å². The summed E-state index contributed by atoms with van der Waals surface area (Å²) < 4.78 is 0. The van der Waals surface area contributed by atoms with E-state index in [0.717, 1.165) is 5.56 Å². The summed E-state index contributed by atoms with van der Waals surface area (Å²) in [5.41, 5.74) is 0.872. The topological polar surface area (TPSA) is 97.8 Å². The van der Waals surface area contributed by atoms with Gasteiger partial charge in [0.15, 0.2) is 0 Å². The summed E-state index contributed by atoms with van der Waals surface area (Å²) in [4.78, 5) is 24.9. The summed E-state index contributed by atoms with van der Waals surface area (Å²) in [6.07, 6.45) is 3.44. The Labute approximate surface area is 86.3 Å². The molecule has 0 fully saturated rings. The van der Waals surface area contributed by atoms with Crippen LogP contribution < -0.4 is 10.6 Å². The van der Waals surface area contributed by atoms with Crippen LogP contribution in [0.5, 0.6) is 0 Å². The molecule has 1 rings (SSSR count). The molecular weight excluding hydrogens is 196 g/mol. The van der Waals surface area contributed by atoms with Crippen LogP contribution in [0.4, 0.5) is 0 Å². The molecule has 0 aliphatic heterocycles. The van der Waals surface area contributed by atoms with Gasteiger partial charge < -0.3 is 15.6 Å². The molecule has 1 aromatic heterocycles. The van der Waals surface area contributed by atoms with E-state index in [2.05, 4.69) is 15.6 Å². The lowest BCUT2D eigenvalue weighted by Crippen LogP contribution is -2.39. The van der Waals surface area contributed by atoms with Gasteiger partial charge in [-0.25, -0.2) is 0 Å². The maximum Gasteiger partial charge on any atom is 0.310 e. The number of H-pyrrole nitrogens is 1. The fraction of sp³-hybridized carbons (Fsp3) is 0.222. The highest BCUT2D eigenvalue weighted by Gasteiger charge is 2.11. The van der Waals surface area contributed by atoms with Gasteiger partial charge in [-0.15, -0.1) is 0 Å². The maximum absolute atomic E-state index is 11.1. The zero-order valence-electron chi connectivity index (χ0n) is 7.91. The minimum Gasteiger partial charge on any atom is -0.367 e. The van der Waals surface area contributed by atoms with Gasteiger partial charge in [0.05, 0.1) is 6.07 Å². The monoisotopic (exact) mass is 206 g/mol. The van der Waals surface area contributed by atoms with Crippen LogP contribution in [-0.2, 0) is 16.1 Å². The Morgan fingerprint density at radius 1 is 1.40 bits per heavy atom. The number of amides is 2. The Hall–Kier alpha value is -2.29. The molecule has 0 saturated carbocycles. The number of aromatic nitrogens is 1. The quantitative estimate of drug-likeness (QED) is 0.449. The van der Waals surface area contributed by atoms with Crippen molar-refractivity contribution in [1.29, 1.82) is 5.26 Å². The summed E-state index contributed by atoms with van der Waals surface area (Å²) in [6.45, 7) is 0.110. The summed E-state index contributed by atoms with van der Waals surface area (Å²) in [5.74, 6) is -1.54. The van der Waals surface area contributed by atoms with E-state index in [4.69, 9.17) is 5.26 Å². The largest absolute Gasteiger partial charge is 0.367 e. The van der Waals surface area contributed by atoms with Crippen LogP contribution >= 0.6 is 0 Å². The van der Waals surface area contributed by atoms with Crippen molar-refractivity contribution < 1.29 is 9.59 Å². The van der Waals surface area contributed by atoms with Gasteiger partial charge in [-0.3, -0.25) is 9.59 Å². The van der Waals surface area contributed by atoms with Gasteiger partial charge in [0.25, 0.3) is 0 Å². The Morgan fingerprint density at radius 2 is 2.13 bits per heavy atom. The van der Waals surface area contributed by atoms with Gasteiger partial charge in [0.2, 0.25) is 0 Å². The smallest absolute Gasteiger partial charge is 0.310 e. The average molecular weight is 206 g/mol. The van der Waals surface area contributed by atoms with Crippen LogP contribution in [0.25, 0.3) is 0 Å². The number of hydrogen-bond donors (Lipinski definition) is 3. The highest BCUT2D eigenvalue weighted by Crippen LogP contribution is 1.94. The number of rotatable bonds is 3. The lowest BCUT2D eigenvalue weighted by molar-refractivity contribution is -0.139. The van der Waals surface area contributed by atoms with E-state index in [-0.39, 0.29) is 13.1 Å². The molecule has 15 heavy (non-hydrogen) atoms. The fourth-order valence-electron chi connectivity index (χ4n) is 0.931. The molecule has 0 saturated heterocycles. The van der Waals surface area contributed by atoms with Crippen LogP contribution in [0.3, 0.4) is 0 Å². The maximum atomic E-state index is 11.1. The number of nitriles is 1. The second-order valence-corrected chi connectivity index (χ2v) is 2.74. The number of nitrogens with zero attached hydrogens (tertiary/aromatic N) is 1. The van der Waals surface area contributed by atoms with Crippen molar-refractivity contribution in [2.45, 2.75) is 6.54 Å². The molecule has 1 heterocycles. The van der Waals surface area contributed by atoms with Crippen molar-refractivity contribution in [3.8, 4) is 6.07 Å². The van der Waals surface area contributed by atoms with E-state index in [1.165, 1.54) is 0 Å². The van der Waals surface area contributed by atoms with Crippen molar-refractivity contribution in [3.63, 3.8) is 0 Å². The predicted molar refractivity (Wildman–Crippen MR) is 51.3 cm³/mol. The number of hydrogen-bond acceptors (Lipinski definition) is 3.